The Hall–Kier alpha value is -3.16. The lowest BCUT2D eigenvalue weighted by molar-refractivity contribution is -0.121. The van der Waals surface area contributed by atoms with E-state index in [0.29, 0.717) is 12.1 Å². The molecule has 1 amide bonds. The van der Waals surface area contributed by atoms with Crippen molar-refractivity contribution >= 4 is 16.9 Å². The minimum atomic E-state index is -2.93. The van der Waals surface area contributed by atoms with E-state index in [-0.39, 0.29) is 36.9 Å². The highest BCUT2D eigenvalue weighted by atomic mass is 19.3. The summed E-state index contributed by atoms with van der Waals surface area (Å²) < 4.78 is 32.7. The zero-order chi connectivity index (χ0) is 20.8. The number of amides is 1. The number of fused-ring (bicyclic) bond motifs is 1. The van der Waals surface area contributed by atoms with Crippen LogP contribution in [-0.4, -0.2) is 21.7 Å². The van der Waals surface area contributed by atoms with E-state index in [0.717, 1.165) is 17.5 Å². The van der Waals surface area contributed by atoms with E-state index in [4.69, 9.17) is 0 Å². The van der Waals surface area contributed by atoms with Gasteiger partial charge in [0.1, 0.15) is 5.75 Å². The number of rotatable bonds is 9. The van der Waals surface area contributed by atoms with Crippen molar-refractivity contribution < 1.29 is 18.3 Å². The lowest BCUT2D eigenvalue weighted by atomic mass is 10.2. The number of halogens is 2. The zero-order valence-electron chi connectivity index (χ0n) is 16.1. The van der Waals surface area contributed by atoms with Gasteiger partial charge in [0.2, 0.25) is 5.91 Å². The maximum Gasteiger partial charge on any atom is 0.387 e. The first kappa shape index (κ1) is 20.6. The van der Waals surface area contributed by atoms with Crippen LogP contribution in [0.1, 0.15) is 25.3 Å². The highest BCUT2D eigenvalue weighted by molar-refractivity contribution is 5.78. The largest absolute Gasteiger partial charge is 0.434 e. The molecule has 1 aromatic heterocycles. The van der Waals surface area contributed by atoms with Gasteiger partial charge in [0.05, 0.1) is 11.0 Å². The summed E-state index contributed by atoms with van der Waals surface area (Å²) in [4.78, 5) is 25.0. The average molecular weight is 403 g/mol. The van der Waals surface area contributed by atoms with Gasteiger partial charge < -0.3 is 10.1 Å². The van der Waals surface area contributed by atoms with E-state index >= 15 is 0 Å². The number of carbonyl (C=O) groups is 1. The Morgan fingerprint density at radius 3 is 2.31 bits per heavy atom. The fraction of sp³-hybridized carbons (Fsp3) is 0.333. The molecule has 1 N–H and O–H groups in total. The monoisotopic (exact) mass is 403 g/mol. The Kier molecular flexibility index (Phi) is 6.64. The third-order valence-electron chi connectivity index (χ3n) is 4.60. The smallest absolute Gasteiger partial charge is 0.387 e. The third kappa shape index (κ3) is 4.82. The van der Waals surface area contributed by atoms with E-state index in [2.05, 4.69) is 10.1 Å². The van der Waals surface area contributed by atoms with Crippen molar-refractivity contribution in [3.8, 4) is 5.75 Å². The quantitative estimate of drug-likeness (QED) is 0.595. The molecule has 0 radical (unpaired) electrons. The molecule has 154 valence electrons. The number of alkyl halides is 2. The molecule has 3 aromatic rings. The molecule has 0 atom stereocenters. The van der Waals surface area contributed by atoms with Crippen LogP contribution in [0.4, 0.5) is 8.78 Å². The Labute approximate surface area is 166 Å². The van der Waals surface area contributed by atoms with Crippen molar-refractivity contribution in [3.05, 3.63) is 64.6 Å². The summed E-state index contributed by atoms with van der Waals surface area (Å²) in [5.74, 6) is -0.252. The van der Waals surface area contributed by atoms with Gasteiger partial charge >= 0.3 is 12.3 Å². The first-order chi connectivity index (χ1) is 14.0. The molecular weight excluding hydrogens is 380 g/mol. The summed E-state index contributed by atoms with van der Waals surface area (Å²) in [6.45, 7) is -0.0223. The molecule has 1 heterocycles. The Morgan fingerprint density at radius 1 is 1.03 bits per heavy atom. The summed E-state index contributed by atoms with van der Waals surface area (Å²) in [7, 11) is 0. The minimum Gasteiger partial charge on any atom is -0.434 e. The highest BCUT2D eigenvalue weighted by Gasteiger charge is 2.14. The zero-order valence-corrected chi connectivity index (χ0v) is 16.1. The first-order valence-electron chi connectivity index (χ1n) is 9.48. The van der Waals surface area contributed by atoms with Crippen molar-refractivity contribution in [2.24, 2.45) is 0 Å². The molecule has 8 heteroatoms. The molecule has 0 bridgehead atoms. The Balaban J connectivity index is 1.67. The number of ether oxygens (including phenoxy) is 1. The molecule has 0 fully saturated rings. The molecule has 3 rings (SSSR count). The van der Waals surface area contributed by atoms with Crippen LogP contribution in [0.5, 0.6) is 5.75 Å². The molecule has 2 aromatic carbocycles. The molecule has 29 heavy (non-hydrogen) atoms. The second kappa shape index (κ2) is 9.36. The van der Waals surface area contributed by atoms with Crippen LogP contribution in [-0.2, 0) is 24.4 Å². The molecule has 0 saturated carbocycles. The number of para-hydroxylation sites is 3. The number of hydrogen-bond donors (Lipinski definition) is 1. The molecule has 0 aliphatic heterocycles. The van der Waals surface area contributed by atoms with E-state index in [9.17, 15) is 18.4 Å². The summed E-state index contributed by atoms with van der Waals surface area (Å²) in [5, 5.41) is 2.70. The number of hydrogen-bond acceptors (Lipinski definition) is 3. The molecule has 0 unspecified atom stereocenters. The number of aryl methyl sites for hydroxylation is 2. The van der Waals surface area contributed by atoms with Gasteiger partial charge in [-0.2, -0.15) is 8.78 Å². The predicted octanol–water partition coefficient (Wildman–Crippen LogP) is 3.52. The van der Waals surface area contributed by atoms with Gasteiger partial charge in [-0.25, -0.2) is 4.79 Å². The van der Waals surface area contributed by atoms with Crippen LogP contribution in [0.3, 0.4) is 0 Å². The fourth-order valence-electron chi connectivity index (χ4n) is 3.28. The standard InChI is InChI=1S/C21H23F2N3O3/c1-2-12-25-16-8-4-5-9-17(16)26(21(25)28)13-11-19(27)24-14-15-7-3-6-10-18(15)29-20(22)23/h3-10,20H,2,11-14H2,1H3,(H,24,27). The molecule has 0 aliphatic rings. The topological polar surface area (TPSA) is 65.3 Å². The van der Waals surface area contributed by atoms with Gasteiger partial charge in [0, 0.05) is 31.6 Å². The second-order valence-corrected chi connectivity index (χ2v) is 6.59. The van der Waals surface area contributed by atoms with Crippen molar-refractivity contribution in [3.63, 3.8) is 0 Å². The maximum absolute atomic E-state index is 12.7. The summed E-state index contributed by atoms with van der Waals surface area (Å²) >= 11 is 0. The lowest BCUT2D eigenvalue weighted by Crippen LogP contribution is -2.28. The normalized spacial score (nSPS) is 11.2. The number of imidazole rings is 1. The lowest BCUT2D eigenvalue weighted by Gasteiger charge is -2.11. The molecule has 0 aliphatic carbocycles. The van der Waals surface area contributed by atoms with Crippen molar-refractivity contribution in [2.45, 2.75) is 46.0 Å². The number of nitrogens with zero attached hydrogens (tertiary/aromatic N) is 2. The number of nitrogens with one attached hydrogen (secondary N) is 1. The van der Waals surface area contributed by atoms with E-state index in [1.165, 1.54) is 6.07 Å². The number of carbonyl (C=O) groups excluding carboxylic acids is 1. The van der Waals surface area contributed by atoms with E-state index < -0.39 is 6.61 Å². The van der Waals surface area contributed by atoms with Crippen LogP contribution < -0.4 is 15.7 Å². The summed E-state index contributed by atoms with van der Waals surface area (Å²) in [6.07, 6.45) is 0.923. The van der Waals surface area contributed by atoms with Gasteiger partial charge in [0.15, 0.2) is 0 Å². The van der Waals surface area contributed by atoms with Crippen LogP contribution in [0.2, 0.25) is 0 Å². The number of benzene rings is 2. The second-order valence-electron chi connectivity index (χ2n) is 6.59. The van der Waals surface area contributed by atoms with Gasteiger partial charge in [-0.15, -0.1) is 0 Å². The Bertz CT molecular complexity index is 1040. The molecule has 0 spiro atoms. The van der Waals surface area contributed by atoms with Crippen LogP contribution in [0.15, 0.2) is 53.3 Å². The first-order valence-corrected chi connectivity index (χ1v) is 9.48. The molecule has 6 nitrogen and oxygen atoms in total. The van der Waals surface area contributed by atoms with Gasteiger partial charge in [-0.3, -0.25) is 13.9 Å². The highest BCUT2D eigenvalue weighted by Crippen LogP contribution is 2.20. The van der Waals surface area contributed by atoms with Gasteiger partial charge in [0.25, 0.3) is 0 Å². The SMILES string of the molecule is CCCn1c(=O)n(CCC(=O)NCc2ccccc2OC(F)F)c2ccccc21. The molecular formula is C21H23F2N3O3. The van der Waals surface area contributed by atoms with Crippen LogP contribution in [0.25, 0.3) is 11.0 Å². The average Bonchev–Trinajstić information content (AvgIpc) is 2.97. The van der Waals surface area contributed by atoms with Crippen LogP contribution in [0, 0.1) is 0 Å². The van der Waals surface area contributed by atoms with E-state index in [1.54, 1.807) is 27.3 Å². The fourth-order valence-corrected chi connectivity index (χ4v) is 3.28. The van der Waals surface area contributed by atoms with Crippen LogP contribution >= 0.6 is 0 Å². The predicted molar refractivity (Wildman–Crippen MR) is 106 cm³/mol. The third-order valence-corrected chi connectivity index (χ3v) is 4.60. The number of aromatic nitrogens is 2. The Morgan fingerprint density at radius 2 is 1.66 bits per heavy atom. The molecule has 0 saturated heterocycles. The van der Waals surface area contributed by atoms with Gasteiger partial charge in [-0.1, -0.05) is 37.3 Å². The van der Waals surface area contributed by atoms with Crippen molar-refractivity contribution in [2.75, 3.05) is 0 Å². The minimum absolute atomic E-state index is 0.0293. The summed E-state index contributed by atoms with van der Waals surface area (Å²) in [6, 6.07) is 13.8. The van der Waals surface area contributed by atoms with Gasteiger partial charge in [-0.05, 0) is 24.6 Å². The van der Waals surface area contributed by atoms with Crippen molar-refractivity contribution in [1.82, 2.24) is 14.5 Å². The maximum atomic E-state index is 12.7. The van der Waals surface area contributed by atoms with E-state index in [1.807, 2.05) is 31.2 Å². The summed E-state index contributed by atoms with van der Waals surface area (Å²) in [5.41, 5.74) is 1.95. The van der Waals surface area contributed by atoms with Crippen molar-refractivity contribution in [1.29, 1.82) is 0 Å².